The number of rotatable bonds is 5. The van der Waals surface area contributed by atoms with E-state index in [1.807, 2.05) is 25.1 Å². The molecule has 106 valence electrons. The molecule has 0 atom stereocenters. The lowest BCUT2D eigenvalue weighted by Gasteiger charge is -2.09. The highest BCUT2D eigenvalue weighted by molar-refractivity contribution is 5.43. The summed E-state index contributed by atoms with van der Waals surface area (Å²) in [6.07, 6.45) is 1.30. The first-order chi connectivity index (χ1) is 9.66. The maximum absolute atomic E-state index is 5.68. The maximum atomic E-state index is 5.68. The van der Waals surface area contributed by atoms with Gasteiger partial charge in [-0.05, 0) is 17.7 Å². The summed E-state index contributed by atoms with van der Waals surface area (Å²) in [5.74, 6) is 2.99. The molecule has 20 heavy (non-hydrogen) atoms. The standard InChI is InChI=1S/C14H18N4O2/c1-4-12-16-13(18-14(15)17-12)8-9-5-6-10(19-2)11(7-9)20-3/h5-7H,4,8H2,1-3H3,(H2,15,16,17,18). The minimum absolute atomic E-state index is 0.257. The van der Waals surface area contributed by atoms with Crippen molar-refractivity contribution in [1.82, 2.24) is 15.0 Å². The fraction of sp³-hybridized carbons (Fsp3) is 0.357. The third kappa shape index (κ3) is 3.14. The SMILES string of the molecule is CCc1nc(N)nc(Cc2ccc(OC)c(OC)c2)n1. The van der Waals surface area contributed by atoms with Crippen molar-refractivity contribution in [2.75, 3.05) is 20.0 Å². The summed E-state index contributed by atoms with van der Waals surface area (Å²) >= 11 is 0. The van der Waals surface area contributed by atoms with E-state index in [1.54, 1.807) is 14.2 Å². The number of anilines is 1. The molecular weight excluding hydrogens is 256 g/mol. The molecule has 6 nitrogen and oxygen atoms in total. The number of nitrogens with zero attached hydrogens (tertiary/aromatic N) is 3. The monoisotopic (exact) mass is 274 g/mol. The van der Waals surface area contributed by atoms with Gasteiger partial charge >= 0.3 is 0 Å². The number of methoxy groups -OCH3 is 2. The highest BCUT2D eigenvalue weighted by Gasteiger charge is 2.08. The maximum Gasteiger partial charge on any atom is 0.223 e. The van der Waals surface area contributed by atoms with E-state index in [-0.39, 0.29) is 5.95 Å². The van der Waals surface area contributed by atoms with Crippen LogP contribution in [0.1, 0.15) is 24.1 Å². The second kappa shape index (κ2) is 6.18. The molecule has 0 aliphatic rings. The molecule has 0 spiro atoms. The quantitative estimate of drug-likeness (QED) is 0.892. The van der Waals surface area contributed by atoms with Crippen LogP contribution >= 0.6 is 0 Å². The lowest BCUT2D eigenvalue weighted by molar-refractivity contribution is 0.354. The molecule has 2 rings (SSSR count). The van der Waals surface area contributed by atoms with Crippen molar-refractivity contribution in [3.63, 3.8) is 0 Å². The van der Waals surface area contributed by atoms with Gasteiger partial charge in [-0.15, -0.1) is 0 Å². The molecule has 1 aromatic heterocycles. The number of hydrogen-bond donors (Lipinski definition) is 1. The second-order valence-electron chi connectivity index (χ2n) is 4.25. The Morgan fingerprint density at radius 3 is 2.35 bits per heavy atom. The summed E-state index contributed by atoms with van der Waals surface area (Å²) in [4.78, 5) is 12.6. The summed E-state index contributed by atoms with van der Waals surface area (Å²) in [5.41, 5.74) is 6.71. The number of nitrogens with two attached hydrogens (primary N) is 1. The Morgan fingerprint density at radius 2 is 1.70 bits per heavy atom. The smallest absolute Gasteiger partial charge is 0.223 e. The first-order valence-electron chi connectivity index (χ1n) is 6.36. The van der Waals surface area contributed by atoms with Gasteiger partial charge < -0.3 is 15.2 Å². The molecule has 0 saturated heterocycles. The first-order valence-corrected chi connectivity index (χ1v) is 6.36. The van der Waals surface area contributed by atoms with E-state index in [1.165, 1.54) is 0 Å². The fourth-order valence-electron chi connectivity index (χ4n) is 1.90. The van der Waals surface area contributed by atoms with Gasteiger partial charge in [0.2, 0.25) is 5.95 Å². The van der Waals surface area contributed by atoms with E-state index in [4.69, 9.17) is 15.2 Å². The Balaban J connectivity index is 2.27. The highest BCUT2D eigenvalue weighted by Crippen LogP contribution is 2.28. The van der Waals surface area contributed by atoms with E-state index in [0.29, 0.717) is 29.6 Å². The normalized spacial score (nSPS) is 10.3. The molecule has 0 radical (unpaired) electrons. The van der Waals surface area contributed by atoms with Crippen LogP contribution < -0.4 is 15.2 Å². The van der Waals surface area contributed by atoms with Crippen LogP contribution in [0.25, 0.3) is 0 Å². The third-order valence-corrected chi connectivity index (χ3v) is 2.87. The molecule has 1 aromatic carbocycles. The van der Waals surface area contributed by atoms with Gasteiger partial charge in [-0.3, -0.25) is 0 Å². The molecular formula is C14H18N4O2. The molecule has 0 amide bonds. The Morgan fingerprint density at radius 1 is 1.00 bits per heavy atom. The fourth-order valence-corrected chi connectivity index (χ4v) is 1.90. The molecule has 0 aliphatic heterocycles. The molecule has 0 unspecified atom stereocenters. The zero-order valence-corrected chi connectivity index (χ0v) is 11.9. The van der Waals surface area contributed by atoms with Gasteiger partial charge in [0.05, 0.1) is 14.2 Å². The number of benzene rings is 1. The molecule has 6 heteroatoms. The van der Waals surface area contributed by atoms with E-state index < -0.39 is 0 Å². The molecule has 2 N–H and O–H groups in total. The van der Waals surface area contributed by atoms with Crippen molar-refractivity contribution in [1.29, 1.82) is 0 Å². The molecule has 2 aromatic rings. The Labute approximate surface area is 118 Å². The summed E-state index contributed by atoms with van der Waals surface area (Å²) in [5, 5.41) is 0. The lowest BCUT2D eigenvalue weighted by Crippen LogP contribution is -2.07. The molecule has 1 heterocycles. The van der Waals surface area contributed by atoms with Crippen molar-refractivity contribution < 1.29 is 9.47 Å². The largest absolute Gasteiger partial charge is 0.493 e. The number of aromatic nitrogens is 3. The van der Waals surface area contributed by atoms with Crippen molar-refractivity contribution >= 4 is 5.95 Å². The number of nitrogen functional groups attached to an aromatic ring is 1. The van der Waals surface area contributed by atoms with E-state index in [0.717, 1.165) is 12.0 Å². The lowest BCUT2D eigenvalue weighted by atomic mass is 10.1. The van der Waals surface area contributed by atoms with Crippen LogP contribution in [-0.2, 0) is 12.8 Å². The van der Waals surface area contributed by atoms with E-state index in [9.17, 15) is 0 Å². The van der Waals surface area contributed by atoms with Crippen LogP contribution in [0.3, 0.4) is 0 Å². The van der Waals surface area contributed by atoms with Gasteiger partial charge in [0.25, 0.3) is 0 Å². The predicted molar refractivity (Wildman–Crippen MR) is 76.0 cm³/mol. The summed E-state index contributed by atoms with van der Waals surface area (Å²) in [6.45, 7) is 1.98. The van der Waals surface area contributed by atoms with Crippen molar-refractivity contribution in [2.24, 2.45) is 0 Å². The van der Waals surface area contributed by atoms with Crippen LogP contribution in [0, 0.1) is 0 Å². The molecule has 0 fully saturated rings. The summed E-state index contributed by atoms with van der Waals surface area (Å²) in [6, 6.07) is 5.72. The Kier molecular flexibility index (Phi) is 4.34. The van der Waals surface area contributed by atoms with Crippen LogP contribution in [0.2, 0.25) is 0 Å². The van der Waals surface area contributed by atoms with Gasteiger partial charge in [0.15, 0.2) is 11.5 Å². The topological polar surface area (TPSA) is 83.2 Å². The van der Waals surface area contributed by atoms with Crippen molar-refractivity contribution in [2.45, 2.75) is 19.8 Å². The van der Waals surface area contributed by atoms with Crippen molar-refractivity contribution in [3.05, 3.63) is 35.4 Å². The van der Waals surface area contributed by atoms with Crippen molar-refractivity contribution in [3.8, 4) is 11.5 Å². The zero-order chi connectivity index (χ0) is 14.5. The number of ether oxygens (including phenoxy) is 2. The molecule has 0 bridgehead atoms. The van der Waals surface area contributed by atoms with Crippen LogP contribution in [0.5, 0.6) is 11.5 Å². The van der Waals surface area contributed by atoms with Crippen LogP contribution in [0.4, 0.5) is 5.95 Å². The van der Waals surface area contributed by atoms with Gasteiger partial charge in [-0.1, -0.05) is 13.0 Å². The Hall–Kier alpha value is -2.37. The first kappa shape index (κ1) is 14.0. The number of aryl methyl sites for hydroxylation is 1. The van der Waals surface area contributed by atoms with Crippen LogP contribution in [0.15, 0.2) is 18.2 Å². The highest BCUT2D eigenvalue weighted by atomic mass is 16.5. The second-order valence-corrected chi connectivity index (χ2v) is 4.25. The third-order valence-electron chi connectivity index (χ3n) is 2.87. The van der Waals surface area contributed by atoms with Crippen LogP contribution in [-0.4, -0.2) is 29.2 Å². The molecule has 0 saturated carbocycles. The zero-order valence-electron chi connectivity index (χ0n) is 11.9. The van der Waals surface area contributed by atoms with E-state index >= 15 is 0 Å². The van der Waals surface area contributed by atoms with E-state index in [2.05, 4.69) is 15.0 Å². The Bertz CT molecular complexity index is 602. The minimum Gasteiger partial charge on any atom is -0.493 e. The average Bonchev–Trinajstić information content (AvgIpc) is 2.46. The van der Waals surface area contributed by atoms with Gasteiger partial charge in [0.1, 0.15) is 11.6 Å². The molecule has 0 aliphatic carbocycles. The number of hydrogen-bond acceptors (Lipinski definition) is 6. The summed E-state index contributed by atoms with van der Waals surface area (Å²) < 4.78 is 10.5. The predicted octanol–water partition coefficient (Wildman–Crippen LogP) is 1.62. The van der Waals surface area contributed by atoms with Gasteiger partial charge in [-0.25, -0.2) is 4.98 Å². The van der Waals surface area contributed by atoms with Gasteiger partial charge in [-0.2, -0.15) is 9.97 Å². The van der Waals surface area contributed by atoms with Gasteiger partial charge in [0, 0.05) is 12.8 Å². The summed E-state index contributed by atoms with van der Waals surface area (Å²) in [7, 11) is 3.22. The minimum atomic E-state index is 0.257. The average molecular weight is 274 g/mol.